The van der Waals surface area contributed by atoms with Crippen LogP contribution in [0.1, 0.15) is 48.9 Å². The summed E-state index contributed by atoms with van der Waals surface area (Å²) in [5.41, 5.74) is 0. The zero-order valence-electron chi connectivity index (χ0n) is 14.8. The van der Waals surface area contributed by atoms with Crippen molar-refractivity contribution in [3.05, 3.63) is 16.1 Å². The Morgan fingerprint density at radius 3 is 2.83 bits per heavy atom. The molecule has 136 valence electrons. The molecule has 1 aliphatic carbocycles. The van der Waals surface area contributed by atoms with E-state index in [1.54, 1.807) is 11.3 Å². The van der Waals surface area contributed by atoms with Crippen molar-refractivity contribution in [3.63, 3.8) is 0 Å². The molecule has 1 unspecified atom stereocenters. The summed E-state index contributed by atoms with van der Waals surface area (Å²) in [4.78, 5) is 13.0. The van der Waals surface area contributed by atoms with Gasteiger partial charge in [0.15, 0.2) is 5.96 Å². The van der Waals surface area contributed by atoms with Crippen LogP contribution in [0.15, 0.2) is 11.2 Å². The number of aryl methyl sites for hydroxylation is 1. The first-order valence-corrected chi connectivity index (χ1v) is 9.76. The number of guanidine groups is 1. The number of rotatable bonds is 5. The SMILES string of the molecule is CCNC(=NCc1ncc(C)s1)NC1CCN(C2CCCC2)C1.I. The Balaban J connectivity index is 0.00000208. The molecule has 1 atom stereocenters. The van der Waals surface area contributed by atoms with E-state index in [0.717, 1.165) is 30.1 Å². The van der Waals surface area contributed by atoms with Crippen LogP contribution in [0, 0.1) is 6.92 Å². The van der Waals surface area contributed by atoms with Gasteiger partial charge in [0.25, 0.3) is 0 Å². The highest BCUT2D eigenvalue weighted by molar-refractivity contribution is 14.0. The number of thiazole rings is 1. The van der Waals surface area contributed by atoms with E-state index < -0.39 is 0 Å². The minimum atomic E-state index is 0. The predicted molar refractivity (Wildman–Crippen MR) is 112 cm³/mol. The molecule has 1 aliphatic heterocycles. The van der Waals surface area contributed by atoms with Gasteiger partial charge in [-0.3, -0.25) is 4.90 Å². The van der Waals surface area contributed by atoms with Crippen LogP contribution >= 0.6 is 35.3 Å². The maximum atomic E-state index is 4.71. The normalized spacial score (nSPS) is 22.6. The van der Waals surface area contributed by atoms with Crippen molar-refractivity contribution < 1.29 is 0 Å². The fourth-order valence-electron chi connectivity index (χ4n) is 3.64. The minimum Gasteiger partial charge on any atom is -0.357 e. The van der Waals surface area contributed by atoms with Crippen LogP contribution in [-0.2, 0) is 6.54 Å². The highest BCUT2D eigenvalue weighted by Crippen LogP contribution is 2.26. The molecule has 0 spiro atoms. The van der Waals surface area contributed by atoms with E-state index in [1.807, 2.05) is 6.20 Å². The number of nitrogens with zero attached hydrogens (tertiary/aromatic N) is 3. The van der Waals surface area contributed by atoms with Gasteiger partial charge in [0, 0.05) is 42.8 Å². The fourth-order valence-corrected chi connectivity index (χ4v) is 4.35. The largest absolute Gasteiger partial charge is 0.357 e. The summed E-state index contributed by atoms with van der Waals surface area (Å²) in [5, 5.41) is 8.07. The Morgan fingerprint density at radius 2 is 2.17 bits per heavy atom. The van der Waals surface area contributed by atoms with Crippen molar-refractivity contribution in [1.29, 1.82) is 0 Å². The number of nitrogens with one attached hydrogen (secondary N) is 2. The number of aromatic nitrogens is 1. The second-order valence-electron chi connectivity index (χ2n) is 6.62. The summed E-state index contributed by atoms with van der Waals surface area (Å²) in [6.07, 6.45) is 8.76. The van der Waals surface area contributed by atoms with Crippen molar-refractivity contribution in [1.82, 2.24) is 20.5 Å². The van der Waals surface area contributed by atoms with E-state index in [0.29, 0.717) is 12.6 Å². The van der Waals surface area contributed by atoms with E-state index in [9.17, 15) is 0 Å². The third kappa shape index (κ3) is 5.56. The molecule has 2 heterocycles. The van der Waals surface area contributed by atoms with Gasteiger partial charge in [-0.2, -0.15) is 0 Å². The molecule has 1 aromatic rings. The summed E-state index contributed by atoms with van der Waals surface area (Å²) in [7, 11) is 0. The second-order valence-corrected chi connectivity index (χ2v) is 7.94. The van der Waals surface area contributed by atoms with Crippen molar-refractivity contribution in [2.75, 3.05) is 19.6 Å². The summed E-state index contributed by atoms with van der Waals surface area (Å²) in [6.45, 7) is 8.14. The third-order valence-corrected chi connectivity index (χ3v) is 5.68. The molecular weight excluding hydrogens is 433 g/mol. The Kier molecular flexibility index (Phi) is 8.22. The molecule has 7 heteroatoms. The topological polar surface area (TPSA) is 52.6 Å². The van der Waals surface area contributed by atoms with Gasteiger partial charge in [-0.15, -0.1) is 35.3 Å². The number of hydrogen-bond acceptors (Lipinski definition) is 4. The number of likely N-dealkylation sites (tertiary alicyclic amines) is 1. The molecule has 0 amide bonds. The molecule has 2 aliphatic rings. The number of halogens is 1. The van der Waals surface area contributed by atoms with E-state index in [2.05, 4.69) is 34.4 Å². The first kappa shape index (κ1) is 19.9. The lowest BCUT2D eigenvalue weighted by molar-refractivity contribution is 0.242. The molecule has 0 radical (unpaired) electrons. The lowest BCUT2D eigenvalue weighted by Crippen LogP contribution is -2.45. The maximum Gasteiger partial charge on any atom is 0.191 e. The van der Waals surface area contributed by atoms with E-state index >= 15 is 0 Å². The molecule has 1 aromatic heterocycles. The molecule has 3 rings (SSSR count). The summed E-state index contributed by atoms with van der Waals surface area (Å²) < 4.78 is 0. The molecular formula is C17H30IN5S. The average molecular weight is 463 g/mol. The maximum absolute atomic E-state index is 4.71. The highest BCUT2D eigenvalue weighted by Gasteiger charge is 2.30. The van der Waals surface area contributed by atoms with Gasteiger partial charge in [0.2, 0.25) is 0 Å². The molecule has 2 N–H and O–H groups in total. The molecule has 1 saturated carbocycles. The van der Waals surface area contributed by atoms with Gasteiger partial charge in [0.1, 0.15) is 5.01 Å². The van der Waals surface area contributed by atoms with Gasteiger partial charge in [-0.25, -0.2) is 9.98 Å². The molecule has 5 nitrogen and oxygen atoms in total. The van der Waals surface area contributed by atoms with Gasteiger partial charge in [-0.05, 0) is 33.1 Å². The van der Waals surface area contributed by atoms with E-state index in [1.165, 1.54) is 43.5 Å². The Labute approximate surface area is 166 Å². The summed E-state index contributed by atoms with van der Waals surface area (Å²) in [6, 6.07) is 1.35. The second kappa shape index (κ2) is 9.91. The van der Waals surface area contributed by atoms with Crippen molar-refractivity contribution >= 4 is 41.3 Å². The van der Waals surface area contributed by atoms with Crippen LogP contribution in [0.5, 0.6) is 0 Å². The lowest BCUT2D eigenvalue weighted by Gasteiger charge is -2.24. The standard InChI is InChI=1S/C17H29N5S.HI/c1-3-18-17(20-11-16-19-10-13(2)23-16)21-14-8-9-22(12-14)15-6-4-5-7-15;/h10,14-15H,3-9,11-12H2,1-2H3,(H2,18,20,21);1H. The lowest BCUT2D eigenvalue weighted by atomic mass is 10.2. The van der Waals surface area contributed by atoms with Crippen molar-refractivity contribution in [2.45, 2.75) is 64.6 Å². The smallest absolute Gasteiger partial charge is 0.191 e. The third-order valence-electron chi connectivity index (χ3n) is 4.79. The van der Waals surface area contributed by atoms with Crippen LogP contribution in [0.25, 0.3) is 0 Å². The van der Waals surface area contributed by atoms with E-state index in [-0.39, 0.29) is 24.0 Å². The fraction of sp³-hybridized carbons (Fsp3) is 0.765. The highest BCUT2D eigenvalue weighted by atomic mass is 127. The monoisotopic (exact) mass is 463 g/mol. The van der Waals surface area contributed by atoms with Gasteiger partial charge in [-0.1, -0.05) is 12.8 Å². The van der Waals surface area contributed by atoms with Gasteiger partial charge >= 0.3 is 0 Å². The minimum absolute atomic E-state index is 0. The van der Waals surface area contributed by atoms with Crippen LogP contribution in [0.2, 0.25) is 0 Å². The Bertz CT molecular complexity index is 527. The van der Waals surface area contributed by atoms with E-state index in [4.69, 9.17) is 4.99 Å². The zero-order chi connectivity index (χ0) is 16.1. The van der Waals surface area contributed by atoms with Gasteiger partial charge < -0.3 is 10.6 Å². The molecule has 0 bridgehead atoms. The number of aliphatic imine (C=N–C) groups is 1. The summed E-state index contributed by atoms with van der Waals surface area (Å²) >= 11 is 1.73. The zero-order valence-corrected chi connectivity index (χ0v) is 17.9. The first-order valence-electron chi connectivity index (χ1n) is 8.95. The first-order chi connectivity index (χ1) is 11.2. The van der Waals surface area contributed by atoms with Crippen LogP contribution in [0.3, 0.4) is 0 Å². The number of hydrogen-bond donors (Lipinski definition) is 2. The average Bonchev–Trinajstić information content (AvgIpc) is 3.26. The predicted octanol–water partition coefficient (Wildman–Crippen LogP) is 3.14. The Morgan fingerprint density at radius 1 is 1.38 bits per heavy atom. The molecule has 2 fully saturated rings. The van der Waals surface area contributed by atoms with Gasteiger partial charge in [0.05, 0.1) is 6.54 Å². The van der Waals surface area contributed by atoms with Crippen molar-refractivity contribution in [3.8, 4) is 0 Å². The van der Waals surface area contributed by atoms with Crippen LogP contribution in [-0.4, -0.2) is 47.6 Å². The van der Waals surface area contributed by atoms with Crippen molar-refractivity contribution in [2.24, 2.45) is 4.99 Å². The summed E-state index contributed by atoms with van der Waals surface area (Å²) in [5.74, 6) is 0.929. The van der Waals surface area contributed by atoms with Crippen LogP contribution < -0.4 is 10.6 Å². The molecule has 1 saturated heterocycles. The van der Waals surface area contributed by atoms with Crippen LogP contribution in [0.4, 0.5) is 0 Å². The quantitative estimate of drug-likeness (QED) is 0.400. The molecule has 24 heavy (non-hydrogen) atoms. The Hall–Kier alpha value is -0.410. The molecule has 0 aromatic carbocycles.